The molecule has 1 radical (unpaired) electrons. The molecule has 193 valence electrons. The van der Waals surface area contributed by atoms with E-state index in [0.717, 1.165) is 4.57 Å². The molecule has 11 heteroatoms. The number of carbonyl (C=O) groups excluding carboxylic acids is 1. The number of nitrogens with two attached hydrogens (primary N) is 1. The number of hydrogen-bond donors (Lipinski definition) is 2. The molecule has 2 rings (SSSR count). The predicted octanol–water partition coefficient (Wildman–Crippen LogP) is 4.45. The van der Waals surface area contributed by atoms with Gasteiger partial charge in [0.2, 0.25) is 14.9 Å². The van der Waals surface area contributed by atoms with Gasteiger partial charge < -0.3 is 15.5 Å². The Morgan fingerprint density at radius 1 is 1.17 bits per heavy atom. The zero-order valence-electron chi connectivity index (χ0n) is 21.2. The number of aromatic nitrogens is 2. The standard InChI is InChI=1S/C24H34F3N4O3Si/c1-15(2)23(34-35(6)7,21(22(3,4)5)24(25,26)27)30-18(32)14-31-19(16-11-9-8-10-12-16)29-13-17(28)20(31)33/h8-13,15,21H,14,28H2,1-7H3,(H,30,32). The van der Waals surface area contributed by atoms with Crippen LogP contribution in [0, 0.1) is 17.3 Å². The summed E-state index contributed by atoms with van der Waals surface area (Å²) in [6.07, 6.45) is -3.47. The number of nitrogens with zero attached hydrogens (tertiary/aromatic N) is 2. The largest absolute Gasteiger partial charge is 0.396 e. The number of anilines is 1. The lowest BCUT2D eigenvalue weighted by Crippen LogP contribution is -2.67. The third-order valence-electron chi connectivity index (χ3n) is 5.60. The number of amides is 1. The fourth-order valence-corrected chi connectivity index (χ4v) is 5.42. The molecule has 0 fully saturated rings. The number of rotatable bonds is 8. The van der Waals surface area contributed by atoms with E-state index in [2.05, 4.69) is 10.3 Å². The van der Waals surface area contributed by atoms with Crippen molar-refractivity contribution in [2.45, 2.75) is 66.2 Å². The van der Waals surface area contributed by atoms with E-state index in [1.165, 1.54) is 27.0 Å². The van der Waals surface area contributed by atoms with Crippen LogP contribution < -0.4 is 16.6 Å². The lowest BCUT2D eigenvalue weighted by atomic mass is 9.70. The smallest absolute Gasteiger partial charge is 0.394 e. The van der Waals surface area contributed by atoms with Gasteiger partial charge in [-0.25, -0.2) is 4.98 Å². The molecule has 0 saturated heterocycles. The van der Waals surface area contributed by atoms with E-state index in [1.807, 2.05) is 0 Å². The first-order valence-electron chi connectivity index (χ1n) is 11.3. The van der Waals surface area contributed by atoms with Crippen LogP contribution in [0.3, 0.4) is 0 Å². The number of nitrogens with one attached hydrogen (secondary N) is 1. The van der Waals surface area contributed by atoms with Gasteiger partial charge in [0.25, 0.3) is 5.56 Å². The first kappa shape index (κ1) is 28.6. The highest BCUT2D eigenvalue weighted by Crippen LogP contribution is 2.49. The second kappa shape index (κ2) is 10.5. The Labute approximate surface area is 205 Å². The lowest BCUT2D eigenvalue weighted by Gasteiger charge is -2.50. The van der Waals surface area contributed by atoms with Gasteiger partial charge in [-0.15, -0.1) is 0 Å². The second-order valence-electron chi connectivity index (χ2n) is 10.1. The molecule has 2 unspecified atom stereocenters. The monoisotopic (exact) mass is 511 g/mol. The summed E-state index contributed by atoms with van der Waals surface area (Å²) in [6, 6.07) is 8.67. The maximum atomic E-state index is 14.5. The first-order valence-corrected chi connectivity index (χ1v) is 13.7. The van der Waals surface area contributed by atoms with Gasteiger partial charge in [-0.1, -0.05) is 65.0 Å². The van der Waals surface area contributed by atoms with Crippen molar-refractivity contribution in [3.05, 3.63) is 46.9 Å². The highest BCUT2D eigenvalue weighted by molar-refractivity contribution is 6.48. The fraction of sp³-hybridized carbons (Fsp3) is 0.542. The van der Waals surface area contributed by atoms with Gasteiger partial charge in [0.15, 0.2) is 0 Å². The molecule has 1 aromatic heterocycles. The quantitative estimate of drug-likeness (QED) is 0.403. The second-order valence-corrected chi connectivity index (χ2v) is 12.2. The van der Waals surface area contributed by atoms with Gasteiger partial charge in [-0.05, 0) is 18.5 Å². The van der Waals surface area contributed by atoms with E-state index in [9.17, 15) is 22.8 Å². The lowest BCUT2D eigenvalue weighted by molar-refractivity contribution is -0.265. The Morgan fingerprint density at radius 3 is 2.20 bits per heavy atom. The third-order valence-corrected chi connectivity index (χ3v) is 6.34. The van der Waals surface area contributed by atoms with Crippen LogP contribution in [-0.4, -0.2) is 36.4 Å². The minimum atomic E-state index is -4.67. The SMILES string of the molecule is CC(C)C(NC(=O)Cn1c(-c2ccccc2)ncc(N)c1=O)(O[Si](C)C)C(C(C)(C)C)C(F)(F)F. The molecule has 35 heavy (non-hydrogen) atoms. The van der Waals surface area contributed by atoms with E-state index < -0.39 is 56.2 Å². The number of carbonyl (C=O) groups is 1. The Morgan fingerprint density at radius 2 is 1.74 bits per heavy atom. The van der Waals surface area contributed by atoms with Crippen LogP contribution in [0.5, 0.6) is 0 Å². The Bertz CT molecular complexity index is 1070. The Kier molecular flexibility index (Phi) is 8.60. The number of halogens is 3. The number of hydrogen-bond acceptors (Lipinski definition) is 5. The van der Waals surface area contributed by atoms with Crippen LogP contribution in [0.2, 0.25) is 13.1 Å². The Hall–Kier alpha value is -2.66. The van der Waals surface area contributed by atoms with E-state index >= 15 is 0 Å². The van der Waals surface area contributed by atoms with E-state index in [0.29, 0.717) is 5.56 Å². The average Bonchev–Trinajstić information content (AvgIpc) is 2.69. The zero-order valence-corrected chi connectivity index (χ0v) is 22.2. The highest BCUT2D eigenvalue weighted by Gasteiger charge is 2.61. The zero-order chi connectivity index (χ0) is 26.8. The van der Waals surface area contributed by atoms with E-state index in [4.69, 9.17) is 10.2 Å². The van der Waals surface area contributed by atoms with Crippen molar-refractivity contribution < 1.29 is 22.4 Å². The maximum Gasteiger partial charge on any atom is 0.396 e. The van der Waals surface area contributed by atoms with Gasteiger partial charge in [-0.2, -0.15) is 13.2 Å². The fourth-order valence-electron chi connectivity index (χ4n) is 4.34. The summed E-state index contributed by atoms with van der Waals surface area (Å²) in [6.45, 7) is 10.4. The van der Waals surface area contributed by atoms with Crippen LogP contribution in [0.1, 0.15) is 34.6 Å². The summed E-state index contributed by atoms with van der Waals surface area (Å²) in [5.41, 5.74) is 2.12. The molecule has 1 amide bonds. The summed E-state index contributed by atoms with van der Waals surface area (Å²) in [5, 5.41) is 2.56. The van der Waals surface area contributed by atoms with Crippen molar-refractivity contribution in [1.82, 2.24) is 14.9 Å². The topological polar surface area (TPSA) is 99.2 Å². The molecule has 0 aliphatic rings. The van der Waals surface area contributed by atoms with Crippen molar-refractivity contribution in [1.29, 1.82) is 0 Å². The van der Waals surface area contributed by atoms with Crippen LogP contribution in [0.25, 0.3) is 11.4 Å². The van der Waals surface area contributed by atoms with Gasteiger partial charge in [0.05, 0.1) is 6.20 Å². The van der Waals surface area contributed by atoms with Crippen molar-refractivity contribution in [2.75, 3.05) is 5.73 Å². The number of benzene rings is 1. The van der Waals surface area contributed by atoms with Crippen LogP contribution >= 0.6 is 0 Å². The molecular weight excluding hydrogens is 477 g/mol. The minimum Gasteiger partial charge on any atom is -0.394 e. The molecule has 3 N–H and O–H groups in total. The van der Waals surface area contributed by atoms with Gasteiger partial charge in [-0.3, -0.25) is 14.2 Å². The predicted molar refractivity (Wildman–Crippen MR) is 132 cm³/mol. The molecule has 0 bridgehead atoms. The molecule has 0 saturated carbocycles. The minimum absolute atomic E-state index is 0.176. The van der Waals surface area contributed by atoms with E-state index in [-0.39, 0.29) is 11.5 Å². The van der Waals surface area contributed by atoms with Gasteiger partial charge in [0, 0.05) is 11.5 Å². The molecule has 2 atom stereocenters. The van der Waals surface area contributed by atoms with Crippen molar-refractivity contribution in [2.24, 2.45) is 17.3 Å². The molecule has 1 aromatic carbocycles. The molecule has 0 aliphatic heterocycles. The number of nitrogen functional groups attached to an aromatic ring is 1. The highest BCUT2D eigenvalue weighted by atomic mass is 28.3. The normalized spacial score (nSPS) is 15.2. The molecular formula is C24H34F3N4O3Si. The molecule has 2 aromatic rings. The molecule has 0 aliphatic carbocycles. The third kappa shape index (κ3) is 6.52. The summed E-state index contributed by atoms with van der Waals surface area (Å²) >= 11 is 0. The van der Waals surface area contributed by atoms with Crippen molar-refractivity contribution in [3.63, 3.8) is 0 Å². The summed E-state index contributed by atoms with van der Waals surface area (Å²) in [5.74, 6) is -3.39. The maximum absolute atomic E-state index is 14.5. The average molecular weight is 512 g/mol. The van der Waals surface area contributed by atoms with E-state index in [1.54, 1.807) is 57.3 Å². The van der Waals surface area contributed by atoms with Crippen molar-refractivity contribution >= 4 is 20.6 Å². The van der Waals surface area contributed by atoms with Crippen LogP contribution in [0.4, 0.5) is 18.9 Å². The summed E-state index contributed by atoms with van der Waals surface area (Å²) < 4.78 is 50.6. The van der Waals surface area contributed by atoms with Crippen LogP contribution in [0.15, 0.2) is 41.3 Å². The molecule has 0 spiro atoms. The van der Waals surface area contributed by atoms with Crippen molar-refractivity contribution in [3.8, 4) is 11.4 Å². The first-order chi connectivity index (χ1) is 16.0. The van der Waals surface area contributed by atoms with Gasteiger partial charge in [0.1, 0.15) is 29.7 Å². The summed E-state index contributed by atoms with van der Waals surface area (Å²) in [7, 11) is -1.70. The van der Waals surface area contributed by atoms with Crippen LogP contribution in [-0.2, 0) is 15.8 Å². The summed E-state index contributed by atoms with van der Waals surface area (Å²) in [4.78, 5) is 30.4. The van der Waals surface area contributed by atoms with Gasteiger partial charge >= 0.3 is 6.18 Å². The Balaban J connectivity index is 2.61. The number of alkyl halides is 3. The molecule has 1 heterocycles. The molecule has 7 nitrogen and oxygen atoms in total.